The summed E-state index contributed by atoms with van der Waals surface area (Å²) in [6.45, 7) is 1.35. The van der Waals surface area contributed by atoms with Crippen LogP contribution in [-0.4, -0.2) is 39.8 Å². The molecule has 1 fully saturated rings. The number of urea groups is 1. The molecule has 1 aliphatic carbocycles. The molecular formula is C12H18F3N3O2. The van der Waals surface area contributed by atoms with E-state index in [1.807, 2.05) is 0 Å². The summed E-state index contributed by atoms with van der Waals surface area (Å²) in [6.07, 6.45) is -1.22. The number of nitrogens with zero attached hydrogens (tertiary/aromatic N) is 2. The fraction of sp³-hybridized carbons (Fsp3) is 0.833. The van der Waals surface area contributed by atoms with Gasteiger partial charge in [0.1, 0.15) is 0 Å². The van der Waals surface area contributed by atoms with Gasteiger partial charge in [0.15, 0.2) is 0 Å². The van der Waals surface area contributed by atoms with E-state index >= 15 is 0 Å². The highest BCUT2D eigenvalue weighted by atomic mass is 19.4. The predicted octanol–water partition coefficient (Wildman–Crippen LogP) is 2.36. The van der Waals surface area contributed by atoms with Crippen LogP contribution < -0.4 is 5.32 Å². The van der Waals surface area contributed by atoms with E-state index in [0.29, 0.717) is 0 Å². The molecule has 0 spiro atoms. The quantitative estimate of drug-likeness (QED) is 0.779. The van der Waals surface area contributed by atoms with Crippen LogP contribution in [0.25, 0.3) is 0 Å². The van der Waals surface area contributed by atoms with Crippen molar-refractivity contribution in [2.75, 3.05) is 0 Å². The van der Waals surface area contributed by atoms with Crippen LogP contribution in [0.2, 0.25) is 0 Å². The van der Waals surface area contributed by atoms with E-state index in [4.69, 9.17) is 0 Å². The predicted molar refractivity (Wildman–Crippen MR) is 66.0 cm³/mol. The first-order valence-corrected chi connectivity index (χ1v) is 6.68. The Bertz CT molecular complexity index is 419. The monoisotopic (exact) mass is 293 g/mol. The number of hydrogen-bond acceptors (Lipinski definition) is 3. The third-order valence-electron chi connectivity index (χ3n) is 3.70. The van der Waals surface area contributed by atoms with Gasteiger partial charge in [-0.15, -0.1) is 0 Å². The standard InChI is InChI=1S/C12H18F3N3O2/c1-8-7-11(20,12(13,14)15)18(17-8)10(19)16-9-5-3-2-4-6-9/h9,20H,2-7H2,1H3,(H,16,19). The molecule has 5 nitrogen and oxygen atoms in total. The maximum atomic E-state index is 13.0. The van der Waals surface area contributed by atoms with Crippen molar-refractivity contribution in [2.45, 2.75) is 63.4 Å². The van der Waals surface area contributed by atoms with E-state index in [0.717, 1.165) is 32.1 Å². The molecule has 8 heteroatoms. The highest BCUT2D eigenvalue weighted by Gasteiger charge is 2.62. The Morgan fingerprint density at radius 2 is 2.00 bits per heavy atom. The maximum absolute atomic E-state index is 13.0. The van der Waals surface area contributed by atoms with Gasteiger partial charge >= 0.3 is 12.2 Å². The Morgan fingerprint density at radius 1 is 1.40 bits per heavy atom. The molecule has 1 heterocycles. The van der Waals surface area contributed by atoms with E-state index in [2.05, 4.69) is 10.4 Å². The highest BCUT2D eigenvalue weighted by molar-refractivity contribution is 5.88. The largest absolute Gasteiger partial charge is 0.438 e. The number of carbonyl (C=O) groups is 1. The zero-order chi connectivity index (χ0) is 15.0. The van der Waals surface area contributed by atoms with Crippen molar-refractivity contribution < 1.29 is 23.1 Å². The van der Waals surface area contributed by atoms with Crippen LogP contribution >= 0.6 is 0 Å². The smallest absolute Gasteiger partial charge is 0.362 e. The summed E-state index contributed by atoms with van der Waals surface area (Å²) in [5.74, 6) is 0. The van der Waals surface area contributed by atoms with E-state index in [1.54, 1.807) is 0 Å². The molecule has 1 saturated carbocycles. The van der Waals surface area contributed by atoms with Gasteiger partial charge in [-0.25, -0.2) is 4.79 Å². The number of nitrogens with one attached hydrogen (secondary N) is 1. The lowest BCUT2D eigenvalue weighted by Gasteiger charge is -2.34. The first kappa shape index (κ1) is 15.1. The van der Waals surface area contributed by atoms with Crippen LogP contribution in [0.3, 0.4) is 0 Å². The number of rotatable bonds is 1. The second kappa shape index (κ2) is 5.23. The molecular weight excluding hydrogens is 275 g/mol. The Morgan fingerprint density at radius 3 is 2.55 bits per heavy atom. The first-order valence-electron chi connectivity index (χ1n) is 6.68. The van der Waals surface area contributed by atoms with Crippen LogP contribution in [0.4, 0.5) is 18.0 Å². The minimum Gasteiger partial charge on any atom is -0.362 e. The Balaban J connectivity index is 2.10. The number of amides is 2. The second-order valence-electron chi connectivity index (χ2n) is 5.42. The molecule has 0 aromatic heterocycles. The third kappa shape index (κ3) is 2.74. The first-order chi connectivity index (χ1) is 9.24. The van der Waals surface area contributed by atoms with Gasteiger partial charge in [-0.1, -0.05) is 19.3 Å². The topological polar surface area (TPSA) is 64.9 Å². The summed E-state index contributed by atoms with van der Waals surface area (Å²) in [4.78, 5) is 12.0. The van der Waals surface area contributed by atoms with E-state index in [1.165, 1.54) is 6.92 Å². The average molecular weight is 293 g/mol. The van der Waals surface area contributed by atoms with Gasteiger partial charge in [0, 0.05) is 18.2 Å². The molecule has 114 valence electrons. The zero-order valence-electron chi connectivity index (χ0n) is 11.2. The van der Waals surface area contributed by atoms with Gasteiger partial charge < -0.3 is 10.4 Å². The van der Waals surface area contributed by atoms with Crippen molar-refractivity contribution >= 4 is 11.7 Å². The Hall–Kier alpha value is -1.31. The summed E-state index contributed by atoms with van der Waals surface area (Å²) in [6, 6.07) is -1.14. The van der Waals surface area contributed by atoms with Crippen molar-refractivity contribution in [3.8, 4) is 0 Å². The molecule has 2 N–H and O–H groups in total. The number of hydrazone groups is 1. The molecule has 2 amide bonds. The summed E-state index contributed by atoms with van der Waals surface area (Å²) in [5, 5.41) is 16.0. The molecule has 1 atom stereocenters. The minimum atomic E-state index is -4.95. The van der Waals surface area contributed by atoms with Crippen LogP contribution in [0, 0.1) is 0 Å². The molecule has 20 heavy (non-hydrogen) atoms. The lowest BCUT2D eigenvalue weighted by molar-refractivity contribution is -0.297. The van der Waals surface area contributed by atoms with Crippen molar-refractivity contribution in [3.05, 3.63) is 0 Å². The summed E-state index contributed by atoms with van der Waals surface area (Å²) < 4.78 is 38.9. The van der Waals surface area contributed by atoms with Crippen LogP contribution in [-0.2, 0) is 0 Å². The van der Waals surface area contributed by atoms with Gasteiger partial charge in [-0.2, -0.15) is 23.3 Å². The fourth-order valence-corrected chi connectivity index (χ4v) is 2.64. The van der Waals surface area contributed by atoms with Crippen molar-refractivity contribution in [1.29, 1.82) is 0 Å². The van der Waals surface area contributed by atoms with Crippen molar-refractivity contribution in [1.82, 2.24) is 10.3 Å². The number of alkyl halides is 3. The van der Waals surface area contributed by atoms with E-state index in [-0.39, 0.29) is 16.8 Å². The van der Waals surface area contributed by atoms with E-state index < -0.39 is 24.4 Å². The molecule has 2 rings (SSSR count). The van der Waals surface area contributed by atoms with E-state index in [9.17, 15) is 23.1 Å². The Labute approximate surface area is 114 Å². The van der Waals surface area contributed by atoms with Gasteiger partial charge in [0.2, 0.25) is 0 Å². The van der Waals surface area contributed by atoms with Crippen LogP contribution in [0.5, 0.6) is 0 Å². The normalized spacial score (nSPS) is 28.4. The molecule has 1 aliphatic heterocycles. The van der Waals surface area contributed by atoms with Gasteiger partial charge in [0.25, 0.3) is 5.72 Å². The van der Waals surface area contributed by atoms with Gasteiger partial charge in [0.05, 0.1) is 0 Å². The molecule has 0 bridgehead atoms. The zero-order valence-corrected chi connectivity index (χ0v) is 11.2. The number of carbonyl (C=O) groups excluding carboxylic acids is 1. The van der Waals surface area contributed by atoms with Gasteiger partial charge in [-0.05, 0) is 19.8 Å². The number of hydrogen-bond donors (Lipinski definition) is 2. The van der Waals surface area contributed by atoms with Gasteiger partial charge in [-0.3, -0.25) is 0 Å². The second-order valence-corrected chi connectivity index (χ2v) is 5.42. The summed E-state index contributed by atoms with van der Waals surface area (Å²) >= 11 is 0. The number of aliphatic hydroxyl groups is 1. The molecule has 0 aromatic carbocycles. The molecule has 2 aliphatic rings. The summed E-state index contributed by atoms with van der Waals surface area (Å²) in [5.41, 5.74) is -3.17. The highest BCUT2D eigenvalue weighted by Crippen LogP contribution is 2.40. The SMILES string of the molecule is CC1=NN(C(=O)NC2CCCCC2)C(O)(C(F)(F)F)C1. The lowest BCUT2D eigenvalue weighted by atomic mass is 9.96. The van der Waals surface area contributed by atoms with Crippen molar-refractivity contribution in [2.24, 2.45) is 5.10 Å². The number of halogens is 3. The van der Waals surface area contributed by atoms with Crippen molar-refractivity contribution in [3.63, 3.8) is 0 Å². The average Bonchev–Trinajstić information content (AvgIpc) is 2.67. The fourth-order valence-electron chi connectivity index (χ4n) is 2.64. The third-order valence-corrected chi connectivity index (χ3v) is 3.70. The maximum Gasteiger partial charge on any atom is 0.438 e. The molecule has 0 aromatic rings. The van der Waals surface area contributed by atoms with Crippen LogP contribution in [0.1, 0.15) is 45.4 Å². The summed E-state index contributed by atoms with van der Waals surface area (Å²) in [7, 11) is 0. The molecule has 1 unspecified atom stereocenters. The Kier molecular flexibility index (Phi) is 3.95. The minimum absolute atomic E-state index is 0.0728. The molecule has 0 saturated heterocycles. The molecule has 0 radical (unpaired) electrons. The van der Waals surface area contributed by atoms with Crippen LogP contribution in [0.15, 0.2) is 5.10 Å². The lowest BCUT2D eigenvalue weighted by Crippen LogP contribution is -2.59.